The molecule has 0 aromatic heterocycles. The van der Waals surface area contributed by atoms with Crippen LogP contribution in [-0.2, 0) is 22.5 Å². The fourth-order valence-electron chi connectivity index (χ4n) is 3.96. The summed E-state index contributed by atoms with van der Waals surface area (Å²) in [5.41, 5.74) is 3.41. The molecule has 0 aliphatic carbocycles. The van der Waals surface area contributed by atoms with Crippen LogP contribution in [0, 0.1) is 5.92 Å². The van der Waals surface area contributed by atoms with Crippen LogP contribution in [0.5, 0.6) is 5.75 Å². The molecule has 2 aromatic rings. The molecule has 0 unspecified atom stereocenters. The zero-order chi connectivity index (χ0) is 23.4. The van der Waals surface area contributed by atoms with Gasteiger partial charge in [-0.25, -0.2) is 0 Å². The SMILES string of the molecule is COCCOc1cc(Cl)c(C(=O)N2CCc3c(cccc3[C@H](C)[C@H](C)C(=O)O)C2)c(Cl)c1. The molecule has 1 aliphatic heterocycles. The van der Waals surface area contributed by atoms with Gasteiger partial charge in [-0.05, 0) is 41.2 Å². The van der Waals surface area contributed by atoms with Gasteiger partial charge >= 0.3 is 5.97 Å². The number of halogens is 2. The Labute approximate surface area is 198 Å². The first-order valence-corrected chi connectivity index (χ1v) is 11.2. The van der Waals surface area contributed by atoms with E-state index < -0.39 is 11.9 Å². The number of aliphatic carboxylic acids is 1. The van der Waals surface area contributed by atoms with Gasteiger partial charge in [-0.3, -0.25) is 9.59 Å². The fraction of sp³-hybridized carbons (Fsp3) is 0.417. The van der Waals surface area contributed by atoms with Crippen LogP contribution < -0.4 is 4.74 Å². The Morgan fingerprint density at radius 1 is 1.16 bits per heavy atom. The molecule has 1 aliphatic rings. The van der Waals surface area contributed by atoms with Crippen LogP contribution in [0.25, 0.3) is 0 Å². The van der Waals surface area contributed by atoms with Crippen LogP contribution in [0.3, 0.4) is 0 Å². The number of fused-ring (bicyclic) bond motifs is 1. The minimum Gasteiger partial charge on any atom is -0.491 e. The minimum atomic E-state index is -0.818. The zero-order valence-corrected chi connectivity index (χ0v) is 19.9. The van der Waals surface area contributed by atoms with Gasteiger partial charge in [0, 0.05) is 20.2 Å². The second-order valence-electron chi connectivity index (χ2n) is 7.98. The Morgan fingerprint density at radius 2 is 1.84 bits per heavy atom. The van der Waals surface area contributed by atoms with Gasteiger partial charge < -0.3 is 19.5 Å². The van der Waals surface area contributed by atoms with E-state index in [-0.39, 0.29) is 27.4 Å². The van der Waals surface area contributed by atoms with Crippen molar-refractivity contribution in [3.05, 3.63) is 62.6 Å². The van der Waals surface area contributed by atoms with Crippen molar-refractivity contribution >= 4 is 35.1 Å². The number of hydrogen-bond acceptors (Lipinski definition) is 4. The summed E-state index contributed by atoms with van der Waals surface area (Å²) in [7, 11) is 1.58. The van der Waals surface area contributed by atoms with Gasteiger partial charge in [-0.15, -0.1) is 0 Å². The Balaban J connectivity index is 1.81. The van der Waals surface area contributed by atoms with Gasteiger partial charge in [0.25, 0.3) is 5.91 Å². The van der Waals surface area contributed by atoms with Crippen molar-refractivity contribution in [2.45, 2.75) is 32.7 Å². The first-order valence-electron chi connectivity index (χ1n) is 10.5. The maximum absolute atomic E-state index is 13.3. The fourth-order valence-corrected chi connectivity index (χ4v) is 4.59. The number of rotatable bonds is 8. The van der Waals surface area contributed by atoms with Crippen LogP contribution >= 0.6 is 23.2 Å². The van der Waals surface area contributed by atoms with E-state index in [0.717, 1.165) is 16.7 Å². The van der Waals surface area contributed by atoms with Crippen molar-refractivity contribution in [1.82, 2.24) is 4.90 Å². The van der Waals surface area contributed by atoms with Crippen molar-refractivity contribution < 1.29 is 24.2 Å². The lowest BCUT2D eigenvalue weighted by molar-refractivity contribution is -0.141. The quantitative estimate of drug-likeness (QED) is 0.536. The molecule has 32 heavy (non-hydrogen) atoms. The minimum absolute atomic E-state index is 0.126. The van der Waals surface area contributed by atoms with E-state index in [1.54, 1.807) is 31.1 Å². The van der Waals surface area contributed by atoms with Crippen LogP contribution in [0.2, 0.25) is 10.0 Å². The highest BCUT2D eigenvalue weighted by atomic mass is 35.5. The highest BCUT2D eigenvalue weighted by Gasteiger charge is 2.29. The lowest BCUT2D eigenvalue weighted by Crippen LogP contribution is -2.37. The van der Waals surface area contributed by atoms with E-state index in [4.69, 9.17) is 32.7 Å². The summed E-state index contributed by atoms with van der Waals surface area (Å²) in [5.74, 6) is -1.21. The Bertz CT molecular complexity index is 987. The van der Waals surface area contributed by atoms with Gasteiger partial charge in [-0.1, -0.05) is 55.2 Å². The molecule has 6 nitrogen and oxygen atoms in total. The molecule has 0 saturated heterocycles. The third-order valence-corrected chi connectivity index (χ3v) is 6.60. The summed E-state index contributed by atoms with van der Waals surface area (Å²) in [5, 5.41) is 9.87. The van der Waals surface area contributed by atoms with Crippen molar-refractivity contribution in [1.29, 1.82) is 0 Å². The van der Waals surface area contributed by atoms with E-state index in [2.05, 4.69) is 0 Å². The van der Waals surface area contributed by atoms with Crippen LogP contribution in [0.15, 0.2) is 30.3 Å². The van der Waals surface area contributed by atoms with Crippen molar-refractivity contribution in [2.24, 2.45) is 5.92 Å². The zero-order valence-electron chi connectivity index (χ0n) is 18.4. The van der Waals surface area contributed by atoms with Crippen molar-refractivity contribution in [3.8, 4) is 5.75 Å². The number of carboxylic acid groups (broad SMARTS) is 1. The number of benzene rings is 2. The lowest BCUT2D eigenvalue weighted by atomic mass is 9.82. The van der Waals surface area contributed by atoms with Gasteiger partial charge in [0.05, 0.1) is 28.1 Å². The highest BCUT2D eigenvalue weighted by molar-refractivity contribution is 6.39. The molecular weight excluding hydrogens is 453 g/mol. The molecule has 0 bridgehead atoms. The molecule has 0 saturated carbocycles. The molecular formula is C24H27Cl2NO5. The number of hydrogen-bond donors (Lipinski definition) is 1. The molecule has 172 valence electrons. The van der Waals surface area contributed by atoms with E-state index in [9.17, 15) is 14.7 Å². The summed E-state index contributed by atoms with van der Waals surface area (Å²) in [6.45, 7) is 5.33. The average molecular weight is 480 g/mol. The van der Waals surface area contributed by atoms with Crippen LogP contribution in [0.4, 0.5) is 0 Å². The first kappa shape index (κ1) is 24.4. The molecule has 2 atom stereocenters. The molecule has 0 spiro atoms. The first-order chi connectivity index (χ1) is 15.2. The maximum atomic E-state index is 13.3. The molecule has 3 rings (SSSR count). The second-order valence-corrected chi connectivity index (χ2v) is 8.79. The number of ether oxygens (including phenoxy) is 2. The van der Waals surface area contributed by atoms with Gasteiger partial charge in [0.15, 0.2) is 0 Å². The van der Waals surface area contributed by atoms with E-state index in [0.29, 0.717) is 38.5 Å². The molecule has 0 radical (unpaired) electrons. The number of nitrogens with zero attached hydrogens (tertiary/aromatic N) is 1. The van der Waals surface area contributed by atoms with Gasteiger partial charge in [-0.2, -0.15) is 0 Å². The summed E-state index contributed by atoms with van der Waals surface area (Å²) in [4.78, 5) is 26.4. The normalized spacial score (nSPS) is 15.1. The molecule has 2 aromatic carbocycles. The summed E-state index contributed by atoms with van der Waals surface area (Å²) >= 11 is 12.8. The average Bonchev–Trinajstić information content (AvgIpc) is 2.76. The van der Waals surface area contributed by atoms with E-state index in [1.807, 2.05) is 25.1 Å². The highest BCUT2D eigenvalue weighted by Crippen LogP contribution is 2.35. The standard InChI is InChI=1S/C24H27Cl2NO5/c1-14(15(2)24(29)30)18-6-4-5-16-13-27(8-7-19(16)18)23(28)22-20(25)11-17(12-21(22)26)32-10-9-31-3/h4-6,11-12,14-15H,7-10,13H2,1-3H3,(H,29,30)/t14-,15+/m1/s1. The van der Waals surface area contributed by atoms with Gasteiger partial charge in [0.1, 0.15) is 12.4 Å². The monoisotopic (exact) mass is 479 g/mol. The van der Waals surface area contributed by atoms with Crippen molar-refractivity contribution in [3.63, 3.8) is 0 Å². The summed E-state index contributed by atoms with van der Waals surface area (Å²) < 4.78 is 10.5. The molecule has 8 heteroatoms. The number of carboxylic acids is 1. The third-order valence-electron chi connectivity index (χ3n) is 6.01. The molecule has 0 fully saturated rings. The topological polar surface area (TPSA) is 76.1 Å². The predicted octanol–water partition coefficient (Wildman–Crippen LogP) is 5.04. The molecule has 1 amide bonds. The summed E-state index contributed by atoms with van der Waals surface area (Å²) in [6, 6.07) is 9.05. The Hall–Kier alpha value is -2.28. The summed E-state index contributed by atoms with van der Waals surface area (Å²) in [6.07, 6.45) is 0.640. The third kappa shape index (κ3) is 5.20. The van der Waals surface area contributed by atoms with Crippen LogP contribution in [0.1, 0.15) is 46.8 Å². The smallest absolute Gasteiger partial charge is 0.306 e. The molecule has 1 heterocycles. The second kappa shape index (κ2) is 10.6. The number of amides is 1. The predicted molar refractivity (Wildman–Crippen MR) is 124 cm³/mol. The Morgan fingerprint density at radius 3 is 2.47 bits per heavy atom. The van der Waals surface area contributed by atoms with E-state index >= 15 is 0 Å². The maximum Gasteiger partial charge on any atom is 0.306 e. The number of carbonyl (C=O) groups excluding carboxylic acids is 1. The van der Waals surface area contributed by atoms with Crippen LogP contribution in [-0.4, -0.2) is 48.8 Å². The molecule has 1 N–H and O–H groups in total. The largest absolute Gasteiger partial charge is 0.491 e. The van der Waals surface area contributed by atoms with Gasteiger partial charge in [0.2, 0.25) is 0 Å². The van der Waals surface area contributed by atoms with Crippen molar-refractivity contribution in [2.75, 3.05) is 26.9 Å². The Kier molecular flexibility index (Phi) is 8.04. The number of carbonyl (C=O) groups is 2. The lowest BCUT2D eigenvalue weighted by Gasteiger charge is -2.32. The number of methoxy groups -OCH3 is 1. The van der Waals surface area contributed by atoms with E-state index in [1.165, 1.54) is 0 Å².